The molecule has 96 valence electrons. The van der Waals surface area contributed by atoms with Gasteiger partial charge in [0.2, 0.25) is 0 Å². The molecule has 0 saturated carbocycles. The Labute approximate surface area is 103 Å². The Bertz CT molecular complexity index is 309. The van der Waals surface area contributed by atoms with Gasteiger partial charge in [-0.2, -0.15) is 0 Å². The lowest BCUT2D eigenvalue weighted by atomic mass is 9.96. The van der Waals surface area contributed by atoms with E-state index in [9.17, 15) is 9.50 Å². The molecule has 0 aliphatic heterocycles. The molecule has 0 heterocycles. The lowest BCUT2D eigenvalue weighted by Crippen LogP contribution is -2.32. The normalized spacial score (nSPS) is 13.0. The van der Waals surface area contributed by atoms with E-state index in [1.165, 1.54) is 12.1 Å². The van der Waals surface area contributed by atoms with Crippen LogP contribution in [0.15, 0.2) is 24.3 Å². The molecule has 0 aromatic heterocycles. The van der Waals surface area contributed by atoms with Crippen molar-refractivity contribution in [1.82, 2.24) is 5.32 Å². The van der Waals surface area contributed by atoms with E-state index in [0.29, 0.717) is 19.0 Å². The van der Waals surface area contributed by atoms with Gasteiger partial charge in [-0.1, -0.05) is 38.8 Å². The third-order valence-corrected chi connectivity index (χ3v) is 3.19. The van der Waals surface area contributed by atoms with E-state index in [0.717, 1.165) is 18.4 Å². The molecule has 0 spiro atoms. The number of hydrogen-bond acceptors (Lipinski definition) is 2. The van der Waals surface area contributed by atoms with Gasteiger partial charge in [-0.05, 0) is 23.6 Å². The fraction of sp³-hybridized carbons (Fsp3) is 0.571. The van der Waals surface area contributed by atoms with Crippen LogP contribution in [-0.4, -0.2) is 17.8 Å². The summed E-state index contributed by atoms with van der Waals surface area (Å²) in [6, 6.07) is 6.42. The Morgan fingerprint density at radius 1 is 1.18 bits per heavy atom. The third kappa shape index (κ3) is 4.84. The standard InChI is InChI=1S/C14H22FNO/c1-3-12(4-2)14(17)10-16-9-11-5-7-13(15)8-6-11/h5-8,12,14,16-17H,3-4,9-10H2,1-2H3. The van der Waals surface area contributed by atoms with Crippen molar-refractivity contribution in [1.29, 1.82) is 0 Å². The largest absolute Gasteiger partial charge is 0.392 e. The summed E-state index contributed by atoms with van der Waals surface area (Å²) in [6.45, 7) is 5.44. The van der Waals surface area contributed by atoms with Crippen LogP contribution in [0.2, 0.25) is 0 Å². The van der Waals surface area contributed by atoms with Gasteiger partial charge in [0.25, 0.3) is 0 Å². The molecule has 2 N–H and O–H groups in total. The number of hydrogen-bond donors (Lipinski definition) is 2. The van der Waals surface area contributed by atoms with Gasteiger partial charge in [0.05, 0.1) is 6.10 Å². The first-order chi connectivity index (χ1) is 8.17. The number of halogens is 1. The molecule has 3 heteroatoms. The zero-order valence-corrected chi connectivity index (χ0v) is 10.6. The molecule has 1 aromatic rings. The van der Waals surface area contributed by atoms with Gasteiger partial charge >= 0.3 is 0 Å². The Balaban J connectivity index is 2.30. The highest BCUT2D eigenvalue weighted by Crippen LogP contribution is 2.12. The molecular weight excluding hydrogens is 217 g/mol. The van der Waals surface area contributed by atoms with Crippen LogP contribution in [0.25, 0.3) is 0 Å². The lowest BCUT2D eigenvalue weighted by molar-refractivity contribution is 0.101. The fourth-order valence-corrected chi connectivity index (χ4v) is 1.97. The van der Waals surface area contributed by atoms with Gasteiger partial charge in [-0.3, -0.25) is 0 Å². The Morgan fingerprint density at radius 2 is 1.76 bits per heavy atom. The van der Waals surface area contributed by atoms with Gasteiger partial charge in [-0.15, -0.1) is 0 Å². The molecule has 17 heavy (non-hydrogen) atoms. The number of aliphatic hydroxyl groups is 1. The molecule has 0 aliphatic carbocycles. The first-order valence-electron chi connectivity index (χ1n) is 6.30. The maximum atomic E-state index is 12.7. The molecule has 0 radical (unpaired) electrons. The molecule has 0 amide bonds. The third-order valence-electron chi connectivity index (χ3n) is 3.19. The van der Waals surface area contributed by atoms with E-state index in [2.05, 4.69) is 19.2 Å². The minimum Gasteiger partial charge on any atom is -0.392 e. The van der Waals surface area contributed by atoms with Crippen molar-refractivity contribution in [3.8, 4) is 0 Å². The monoisotopic (exact) mass is 239 g/mol. The maximum Gasteiger partial charge on any atom is 0.123 e. The summed E-state index contributed by atoms with van der Waals surface area (Å²) in [7, 11) is 0. The lowest BCUT2D eigenvalue weighted by Gasteiger charge is -2.20. The molecule has 0 aliphatic rings. The zero-order chi connectivity index (χ0) is 12.7. The summed E-state index contributed by atoms with van der Waals surface area (Å²) >= 11 is 0. The SMILES string of the molecule is CCC(CC)C(O)CNCc1ccc(F)cc1. The van der Waals surface area contributed by atoms with Crippen molar-refractivity contribution in [3.63, 3.8) is 0 Å². The van der Waals surface area contributed by atoms with Crippen LogP contribution in [0.1, 0.15) is 32.3 Å². The highest BCUT2D eigenvalue weighted by atomic mass is 19.1. The average molecular weight is 239 g/mol. The molecule has 0 bridgehead atoms. The van der Waals surface area contributed by atoms with Gasteiger partial charge in [0.15, 0.2) is 0 Å². The highest BCUT2D eigenvalue weighted by Gasteiger charge is 2.14. The summed E-state index contributed by atoms with van der Waals surface area (Å²) < 4.78 is 12.7. The van der Waals surface area contributed by atoms with Crippen molar-refractivity contribution >= 4 is 0 Å². The van der Waals surface area contributed by atoms with Gasteiger partial charge in [-0.25, -0.2) is 4.39 Å². The van der Waals surface area contributed by atoms with Crippen LogP contribution < -0.4 is 5.32 Å². The fourth-order valence-electron chi connectivity index (χ4n) is 1.97. The molecular formula is C14H22FNO. The van der Waals surface area contributed by atoms with Crippen LogP contribution >= 0.6 is 0 Å². The molecule has 1 rings (SSSR count). The molecule has 1 aromatic carbocycles. The predicted octanol–water partition coefficient (Wildman–Crippen LogP) is 2.71. The Morgan fingerprint density at radius 3 is 2.29 bits per heavy atom. The van der Waals surface area contributed by atoms with Crippen LogP contribution in [-0.2, 0) is 6.54 Å². The number of aliphatic hydroxyl groups excluding tert-OH is 1. The van der Waals surface area contributed by atoms with E-state index in [1.807, 2.05) is 0 Å². The number of nitrogens with one attached hydrogen (secondary N) is 1. The van der Waals surface area contributed by atoms with Crippen molar-refractivity contribution in [2.75, 3.05) is 6.54 Å². The van der Waals surface area contributed by atoms with Crippen molar-refractivity contribution in [2.24, 2.45) is 5.92 Å². The number of rotatable bonds is 7. The summed E-state index contributed by atoms with van der Waals surface area (Å²) in [5.74, 6) is 0.140. The summed E-state index contributed by atoms with van der Waals surface area (Å²) in [6.07, 6.45) is 1.69. The summed E-state index contributed by atoms with van der Waals surface area (Å²) in [5, 5.41) is 13.1. The number of benzene rings is 1. The smallest absolute Gasteiger partial charge is 0.123 e. The second kappa shape index (κ2) is 7.41. The van der Waals surface area contributed by atoms with Crippen LogP contribution in [0, 0.1) is 11.7 Å². The molecule has 2 nitrogen and oxygen atoms in total. The molecule has 1 unspecified atom stereocenters. The minimum absolute atomic E-state index is 0.217. The minimum atomic E-state index is -0.301. The van der Waals surface area contributed by atoms with Crippen LogP contribution in [0.5, 0.6) is 0 Å². The second-order valence-electron chi connectivity index (χ2n) is 4.40. The molecule has 0 saturated heterocycles. The van der Waals surface area contributed by atoms with Crippen molar-refractivity contribution in [3.05, 3.63) is 35.6 Å². The van der Waals surface area contributed by atoms with Gasteiger partial charge < -0.3 is 10.4 Å². The van der Waals surface area contributed by atoms with E-state index >= 15 is 0 Å². The average Bonchev–Trinajstić information content (AvgIpc) is 2.33. The van der Waals surface area contributed by atoms with Gasteiger partial charge in [0, 0.05) is 13.1 Å². The highest BCUT2D eigenvalue weighted by molar-refractivity contribution is 5.15. The Kier molecular flexibility index (Phi) is 6.16. The summed E-state index contributed by atoms with van der Waals surface area (Å²) in [5.41, 5.74) is 1.03. The maximum absolute atomic E-state index is 12.7. The van der Waals surface area contributed by atoms with Crippen molar-refractivity contribution < 1.29 is 9.50 Å². The zero-order valence-electron chi connectivity index (χ0n) is 10.6. The first kappa shape index (κ1) is 14.1. The summed E-state index contributed by atoms with van der Waals surface area (Å²) in [4.78, 5) is 0. The van der Waals surface area contributed by atoms with E-state index in [-0.39, 0.29) is 11.9 Å². The predicted molar refractivity (Wildman–Crippen MR) is 68.2 cm³/mol. The van der Waals surface area contributed by atoms with E-state index in [1.54, 1.807) is 12.1 Å². The quantitative estimate of drug-likeness (QED) is 0.767. The van der Waals surface area contributed by atoms with Gasteiger partial charge in [0.1, 0.15) is 5.82 Å². The topological polar surface area (TPSA) is 32.3 Å². The Hall–Kier alpha value is -0.930. The first-order valence-corrected chi connectivity index (χ1v) is 6.30. The van der Waals surface area contributed by atoms with Crippen molar-refractivity contribution in [2.45, 2.75) is 39.3 Å². The van der Waals surface area contributed by atoms with Crippen LogP contribution in [0.4, 0.5) is 4.39 Å². The molecule has 0 fully saturated rings. The molecule has 1 atom stereocenters. The van der Waals surface area contributed by atoms with Crippen LogP contribution in [0.3, 0.4) is 0 Å². The van der Waals surface area contributed by atoms with E-state index < -0.39 is 0 Å². The second-order valence-corrected chi connectivity index (χ2v) is 4.40. The van der Waals surface area contributed by atoms with E-state index in [4.69, 9.17) is 0 Å².